The Bertz CT molecular complexity index is 337. The van der Waals surface area contributed by atoms with E-state index in [-0.39, 0.29) is 0 Å². The molecule has 3 heteroatoms. The van der Waals surface area contributed by atoms with Gasteiger partial charge in [-0.2, -0.15) is 0 Å². The highest BCUT2D eigenvalue weighted by Crippen LogP contribution is 2.22. The van der Waals surface area contributed by atoms with Crippen molar-refractivity contribution in [3.63, 3.8) is 0 Å². The number of ether oxygens (including phenoxy) is 1. The van der Waals surface area contributed by atoms with Crippen LogP contribution in [-0.4, -0.2) is 12.9 Å². The van der Waals surface area contributed by atoms with Gasteiger partial charge in [-0.25, -0.2) is 0 Å². The number of carbonyl (C=O) groups is 1. The third-order valence-electron chi connectivity index (χ3n) is 2.36. The first-order chi connectivity index (χ1) is 7.77. The molecule has 0 atom stereocenters. The zero-order chi connectivity index (χ0) is 11.8. The molecule has 0 aliphatic carbocycles. The molecule has 0 unspecified atom stereocenters. The Morgan fingerprint density at radius 1 is 1.31 bits per heavy atom. The molecule has 1 aromatic rings. The Balaban J connectivity index is 2.45. The molecule has 0 amide bonds. The fraction of sp³-hybridized carbons (Fsp3) is 0.462. The van der Waals surface area contributed by atoms with E-state index in [0.29, 0.717) is 22.9 Å². The van der Waals surface area contributed by atoms with Gasteiger partial charge in [-0.3, -0.25) is 4.79 Å². The van der Waals surface area contributed by atoms with Crippen LogP contribution < -0.4 is 4.74 Å². The number of rotatable bonds is 7. The highest BCUT2D eigenvalue weighted by molar-refractivity contribution is 6.30. The maximum Gasteiger partial charge on any atom is 0.153 e. The second-order valence-corrected chi connectivity index (χ2v) is 4.15. The normalized spacial score (nSPS) is 10.1. The van der Waals surface area contributed by atoms with Crippen molar-refractivity contribution < 1.29 is 9.53 Å². The fourth-order valence-electron chi connectivity index (χ4n) is 1.44. The molecule has 0 bridgehead atoms. The van der Waals surface area contributed by atoms with Gasteiger partial charge >= 0.3 is 0 Å². The SMILES string of the molecule is CCCCCCOc1cc(Cl)ccc1C=O. The lowest BCUT2D eigenvalue weighted by atomic mass is 10.2. The average molecular weight is 241 g/mol. The van der Waals surface area contributed by atoms with E-state index in [1.54, 1.807) is 18.2 Å². The van der Waals surface area contributed by atoms with E-state index in [1.165, 1.54) is 12.8 Å². The van der Waals surface area contributed by atoms with E-state index in [1.807, 2.05) is 0 Å². The van der Waals surface area contributed by atoms with Crippen molar-refractivity contribution in [2.45, 2.75) is 32.6 Å². The van der Waals surface area contributed by atoms with E-state index in [9.17, 15) is 4.79 Å². The summed E-state index contributed by atoms with van der Waals surface area (Å²) in [6.45, 7) is 2.81. The molecule has 0 radical (unpaired) electrons. The molecule has 16 heavy (non-hydrogen) atoms. The molecule has 2 nitrogen and oxygen atoms in total. The standard InChI is InChI=1S/C13H17ClO2/c1-2-3-4-5-8-16-13-9-12(14)7-6-11(13)10-15/h6-7,9-10H,2-5,8H2,1H3. The average Bonchev–Trinajstić information content (AvgIpc) is 2.29. The third-order valence-corrected chi connectivity index (χ3v) is 2.59. The molecule has 0 aromatic heterocycles. The molecule has 0 fully saturated rings. The van der Waals surface area contributed by atoms with Gasteiger partial charge in [0.2, 0.25) is 0 Å². The van der Waals surface area contributed by atoms with Crippen molar-refractivity contribution in [2.75, 3.05) is 6.61 Å². The molecule has 1 aromatic carbocycles. The summed E-state index contributed by atoms with van der Waals surface area (Å²) in [5.41, 5.74) is 0.555. The van der Waals surface area contributed by atoms with E-state index < -0.39 is 0 Å². The van der Waals surface area contributed by atoms with Gasteiger partial charge in [0.15, 0.2) is 6.29 Å². The number of hydrogen-bond donors (Lipinski definition) is 0. The Morgan fingerprint density at radius 3 is 2.81 bits per heavy atom. The van der Waals surface area contributed by atoms with Crippen molar-refractivity contribution in [3.05, 3.63) is 28.8 Å². The van der Waals surface area contributed by atoms with Gasteiger partial charge < -0.3 is 4.74 Å². The lowest BCUT2D eigenvalue weighted by Crippen LogP contribution is -1.99. The molecule has 0 aliphatic rings. The molecular formula is C13H17ClO2. The smallest absolute Gasteiger partial charge is 0.153 e. The summed E-state index contributed by atoms with van der Waals surface area (Å²) in [5.74, 6) is 0.582. The highest BCUT2D eigenvalue weighted by atomic mass is 35.5. The molecule has 0 spiro atoms. The Morgan fingerprint density at radius 2 is 2.12 bits per heavy atom. The lowest BCUT2D eigenvalue weighted by Gasteiger charge is -2.08. The van der Waals surface area contributed by atoms with Crippen LogP contribution in [0.5, 0.6) is 5.75 Å². The third kappa shape index (κ3) is 4.23. The van der Waals surface area contributed by atoms with Crippen LogP contribution in [0.15, 0.2) is 18.2 Å². The van der Waals surface area contributed by atoms with E-state index in [0.717, 1.165) is 19.1 Å². The predicted octanol–water partition coefficient (Wildman–Crippen LogP) is 4.11. The first-order valence-electron chi connectivity index (χ1n) is 5.65. The minimum absolute atomic E-state index is 0.555. The van der Waals surface area contributed by atoms with Crippen LogP contribution in [0.4, 0.5) is 0 Å². The predicted molar refractivity (Wildman–Crippen MR) is 66.5 cm³/mol. The summed E-state index contributed by atoms with van der Waals surface area (Å²) < 4.78 is 5.54. The van der Waals surface area contributed by atoms with E-state index >= 15 is 0 Å². The molecule has 0 heterocycles. The molecular weight excluding hydrogens is 224 g/mol. The fourth-order valence-corrected chi connectivity index (χ4v) is 1.60. The summed E-state index contributed by atoms with van der Waals surface area (Å²) in [7, 11) is 0. The van der Waals surface area contributed by atoms with Crippen LogP contribution in [0, 0.1) is 0 Å². The second kappa shape index (κ2) is 7.29. The number of aldehydes is 1. The van der Waals surface area contributed by atoms with Gasteiger partial charge in [0, 0.05) is 5.02 Å². The molecule has 0 saturated carbocycles. The number of unbranched alkanes of at least 4 members (excludes halogenated alkanes) is 3. The minimum atomic E-state index is 0.555. The van der Waals surface area contributed by atoms with Gasteiger partial charge in [0.1, 0.15) is 5.75 Å². The summed E-state index contributed by atoms with van der Waals surface area (Å²) >= 11 is 5.84. The van der Waals surface area contributed by atoms with Gasteiger partial charge in [0.25, 0.3) is 0 Å². The summed E-state index contributed by atoms with van der Waals surface area (Å²) in [6, 6.07) is 5.05. The van der Waals surface area contributed by atoms with Crippen molar-refractivity contribution in [1.29, 1.82) is 0 Å². The Kier molecular flexibility index (Phi) is 5.94. The molecule has 1 rings (SSSR count). The number of hydrogen-bond acceptors (Lipinski definition) is 2. The van der Waals surface area contributed by atoms with Gasteiger partial charge in [-0.05, 0) is 24.6 Å². The van der Waals surface area contributed by atoms with Crippen LogP contribution in [0.1, 0.15) is 43.0 Å². The zero-order valence-corrected chi connectivity index (χ0v) is 10.3. The van der Waals surface area contributed by atoms with Crippen molar-refractivity contribution in [3.8, 4) is 5.75 Å². The molecule has 0 aliphatic heterocycles. The van der Waals surface area contributed by atoms with E-state index in [2.05, 4.69) is 6.92 Å². The van der Waals surface area contributed by atoms with E-state index in [4.69, 9.17) is 16.3 Å². The van der Waals surface area contributed by atoms with Crippen LogP contribution in [0.2, 0.25) is 5.02 Å². The van der Waals surface area contributed by atoms with Crippen molar-refractivity contribution in [1.82, 2.24) is 0 Å². The quantitative estimate of drug-likeness (QED) is 0.530. The van der Waals surface area contributed by atoms with Crippen LogP contribution >= 0.6 is 11.6 Å². The highest BCUT2D eigenvalue weighted by Gasteiger charge is 2.03. The van der Waals surface area contributed by atoms with Crippen LogP contribution in [0.3, 0.4) is 0 Å². The van der Waals surface area contributed by atoms with Crippen molar-refractivity contribution >= 4 is 17.9 Å². The maximum atomic E-state index is 10.8. The largest absolute Gasteiger partial charge is 0.493 e. The molecule has 88 valence electrons. The summed E-state index contributed by atoms with van der Waals surface area (Å²) in [4.78, 5) is 10.8. The Labute approximate surface area is 102 Å². The summed E-state index contributed by atoms with van der Waals surface area (Å²) in [5, 5.41) is 0.592. The van der Waals surface area contributed by atoms with Gasteiger partial charge in [-0.15, -0.1) is 0 Å². The monoisotopic (exact) mass is 240 g/mol. The lowest BCUT2D eigenvalue weighted by molar-refractivity contribution is 0.111. The summed E-state index contributed by atoms with van der Waals surface area (Å²) in [6.07, 6.45) is 5.39. The first-order valence-corrected chi connectivity index (χ1v) is 6.03. The molecule has 0 N–H and O–H groups in total. The number of halogens is 1. The molecule has 0 saturated heterocycles. The van der Waals surface area contributed by atoms with Crippen molar-refractivity contribution in [2.24, 2.45) is 0 Å². The second-order valence-electron chi connectivity index (χ2n) is 3.71. The minimum Gasteiger partial charge on any atom is -0.493 e. The number of carbonyl (C=O) groups excluding carboxylic acids is 1. The van der Waals surface area contributed by atoms with Gasteiger partial charge in [0.05, 0.1) is 12.2 Å². The number of benzene rings is 1. The maximum absolute atomic E-state index is 10.8. The van der Waals surface area contributed by atoms with Gasteiger partial charge in [-0.1, -0.05) is 37.8 Å². The van der Waals surface area contributed by atoms with Crippen LogP contribution in [0.25, 0.3) is 0 Å². The Hall–Kier alpha value is -1.02. The first kappa shape index (κ1) is 13.0. The van der Waals surface area contributed by atoms with Crippen LogP contribution in [-0.2, 0) is 0 Å². The topological polar surface area (TPSA) is 26.3 Å². The zero-order valence-electron chi connectivity index (χ0n) is 9.54.